The van der Waals surface area contributed by atoms with Crippen LogP contribution in [-0.4, -0.2) is 50.0 Å². The zero-order valence-electron chi connectivity index (χ0n) is 23.8. The molecule has 0 saturated heterocycles. The number of nitrogens with zero attached hydrogens (tertiary/aromatic N) is 4. The van der Waals surface area contributed by atoms with E-state index in [4.69, 9.17) is 27.9 Å². The number of amides is 1. The number of aryl methyl sites for hydroxylation is 2. The van der Waals surface area contributed by atoms with Crippen molar-refractivity contribution in [3.8, 4) is 5.75 Å². The van der Waals surface area contributed by atoms with E-state index < -0.39 is 17.3 Å². The highest BCUT2D eigenvalue weighted by Gasteiger charge is 2.40. The Morgan fingerprint density at radius 1 is 1.05 bits per heavy atom. The molecule has 10 heteroatoms. The monoisotopic (exact) mass is 606 g/mol. The summed E-state index contributed by atoms with van der Waals surface area (Å²) in [6, 6.07) is 13.4. The lowest BCUT2D eigenvalue weighted by Crippen LogP contribution is -2.37. The Bertz CT molecular complexity index is 1710. The summed E-state index contributed by atoms with van der Waals surface area (Å²) in [4.78, 5) is 28.1. The van der Waals surface area contributed by atoms with Crippen LogP contribution < -0.4 is 4.74 Å². The normalized spacial score (nSPS) is 17.6. The molecule has 1 N–H and O–H groups in total. The van der Waals surface area contributed by atoms with Crippen LogP contribution in [0, 0.1) is 12.3 Å². The quantitative estimate of drug-likeness (QED) is 0.274. The van der Waals surface area contributed by atoms with E-state index in [1.165, 1.54) is 0 Å². The third-order valence-electron chi connectivity index (χ3n) is 8.69. The van der Waals surface area contributed by atoms with E-state index in [1.54, 1.807) is 30.9 Å². The molecule has 1 aromatic heterocycles. The van der Waals surface area contributed by atoms with Crippen molar-refractivity contribution in [2.75, 3.05) is 13.2 Å². The van der Waals surface area contributed by atoms with Crippen LogP contribution in [0.25, 0.3) is 11.0 Å². The first-order chi connectivity index (χ1) is 20.1. The van der Waals surface area contributed by atoms with Crippen molar-refractivity contribution in [2.24, 2.45) is 5.41 Å². The van der Waals surface area contributed by atoms with E-state index in [0.717, 1.165) is 51.7 Å². The molecule has 0 radical (unpaired) electrons. The fourth-order valence-electron chi connectivity index (χ4n) is 6.25. The van der Waals surface area contributed by atoms with Crippen LogP contribution in [0.5, 0.6) is 5.75 Å². The van der Waals surface area contributed by atoms with Gasteiger partial charge in [0.05, 0.1) is 33.1 Å². The van der Waals surface area contributed by atoms with E-state index >= 15 is 0 Å². The summed E-state index contributed by atoms with van der Waals surface area (Å²) in [6.07, 6.45) is 2.23. The van der Waals surface area contributed by atoms with E-state index in [1.807, 2.05) is 35.9 Å². The molecule has 0 fully saturated rings. The molecule has 6 heterocycles. The number of benzene rings is 3. The number of ether oxygens (including phenoxy) is 1. The summed E-state index contributed by atoms with van der Waals surface area (Å²) in [7, 11) is 0. The molecule has 4 aromatic rings. The smallest absolute Gasteiger partial charge is 0.310 e. The lowest BCUT2D eigenvalue weighted by atomic mass is 9.69. The van der Waals surface area contributed by atoms with E-state index in [-0.39, 0.29) is 21.5 Å². The summed E-state index contributed by atoms with van der Waals surface area (Å²) in [6.45, 7) is 7.48. The van der Waals surface area contributed by atoms with Crippen LogP contribution in [0.2, 0.25) is 10.0 Å². The van der Waals surface area contributed by atoms with Crippen LogP contribution >= 0.6 is 23.2 Å². The molecule has 0 spiro atoms. The molecule has 0 saturated carbocycles. The predicted molar refractivity (Wildman–Crippen MR) is 162 cm³/mol. The van der Waals surface area contributed by atoms with Gasteiger partial charge in [-0.25, -0.2) is 4.68 Å². The van der Waals surface area contributed by atoms with Gasteiger partial charge in [0.2, 0.25) is 0 Å². The van der Waals surface area contributed by atoms with E-state index in [0.29, 0.717) is 38.4 Å². The number of halogens is 2. The van der Waals surface area contributed by atoms with Gasteiger partial charge >= 0.3 is 5.97 Å². The number of hydrogen-bond donors (Lipinski definition) is 1. The van der Waals surface area contributed by atoms with Gasteiger partial charge in [0.25, 0.3) is 5.91 Å². The Kier molecular flexibility index (Phi) is 7.39. The molecule has 9 bridgehead atoms. The van der Waals surface area contributed by atoms with E-state index in [9.17, 15) is 14.7 Å². The molecule has 218 valence electrons. The number of carboxylic acid groups (broad SMARTS) is 1. The average Bonchev–Trinajstić information content (AvgIpc) is 3.36. The Labute approximate surface area is 254 Å². The topological polar surface area (TPSA) is 97.5 Å². The largest absolute Gasteiger partial charge is 0.493 e. The standard InChI is InChI=1S/C32H32Cl2N4O4/c1-18-23-8-9-26-29(18)35-36-38(26)11-4-5-13-42-22-15-24(33)27(25(34)16-22)30(39)37-12-10-19-6-7-20(14-21(19)17-37)28(23)32(2,3)31(40)41/h6-9,14-16,28H,4-5,10-13,17H2,1-3H3,(H,40,41). The maximum atomic E-state index is 13.7. The summed E-state index contributed by atoms with van der Waals surface area (Å²) in [5.74, 6) is -1.10. The van der Waals surface area contributed by atoms with Gasteiger partial charge in [-0.1, -0.05) is 52.7 Å². The second-order valence-electron chi connectivity index (χ2n) is 11.7. The van der Waals surface area contributed by atoms with Gasteiger partial charge in [0.1, 0.15) is 11.3 Å². The predicted octanol–water partition coefficient (Wildman–Crippen LogP) is 6.66. The first-order valence-corrected chi connectivity index (χ1v) is 14.9. The Hall–Kier alpha value is -3.62. The molecule has 8 nitrogen and oxygen atoms in total. The Balaban J connectivity index is 1.50. The van der Waals surface area contributed by atoms with Crippen LogP contribution in [0.4, 0.5) is 0 Å². The van der Waals surface area contributed by atoms with Crippen molar-refractivity contribution in [1.29, 1.82) is 0 Å². The molecule has 42 heavy (non-hydrogen) atoms. The highest BCUT2D eigenvalue weighted by Crippen LogP contribution is 2.44. The third-order valence-corrected chi connectivity index (χ3v) is 9.29. The summed E-state index contributed by atoms with van der Waals surface area (Å²) in [5.41, 5.74) is 5.57. The van der Waals surface area contributed by atoms with Gasteiger partial charge < -0.3 is 14.7 Å². The minimum atomic E-state index is -1.13. The molecule has 1 amide bonds. The Morgan fingerprint density at radius 2 is 1.81 bits per heavy atom. The molecule has 3 aromatic carbocycles. The fourth-order valence-corrected chi connectivity index (χ4v) is 6.88. The highest BCUT2D eigenvalue weighted by atomic mass is 35.5. The van der Waals surface area contributed by atoms with Gasteiger partial charge in [-0.3, -0.25) is 9.59 Å². The molecule has 5 aliphatic rings. The van der Waals surface area contributed by atoms with Crippen molar-refractivity contribution >= 4 is 46.1 Å². The lowest BCUT2D eigenvalue weighted by Gasteiger charge is -2.34. The molecule has 1 atom stereocenters. The minimum Gasteiger partial charge on any atom is -0.493 e. The van der Waals surface area contributed by atoms with Gasteiger partial charge in [-0.15, -0.1) is 5.10 Å². The van der Waals surface area contributed by atoms with Crippen molar-refractivity contribution in [1.82, 2.24) is 19.9 Å². The average molecular weight is 608 g/mol. The molecule has 0 aliphatic carbocycles. The van der Waals surface area contributed by atoms with Crippen molar-refractivity contribution in [3.63, 3.8) is 0 Å². The van der Waals surface area contributed by atoms with Crippen molar-refractivity contribution in [2.45, 2.75) is 59.0 Å². The minimum absolute atomic E-state index is 0.246. The zero-order valence-corrected chi connectivity index (χ0v) is 25.3. The SMILES string of the molecule is Cc1c2ccc3c1nnn3CCCCOc1cc(Cl)c(c(Cl)c1)C(=O)N1CCc3ccc(cc3C1)C2C(C)(C)C(=O)O. The lowest BCUT2D eigenvalue weighted by molar-refractivity contribution is -0.147. The van der Waals surface area contributed by atoms with Gasteiger partial charge in [-0.2, -0.15) is 0 Å². The second kappa shape index (κ2) is 10.9. The number of rotatable bonds is 2. The van der Waals surface area contributed by atoms with Crippen molar-refractivity contribution < 1.29 is 19.4 Å². The molecular formula is C32H32Cl2N4O4. The van der Waals surface area contributed by atoms with Crippen molar-refractivity contribution in [3.05, 3.63) is 85.9 Å². The summed E-state index contributed by atoms with van der Waals surface area (Å²) >= 11 is 13.2. The van der Waals surface area contributed by atoms with Crippen LogP contribution in [0.15, 0.2) is 42.5 Å². The summed E-state index contributed by atoms with van der Waals surface area (Å²) < 4.78 is 7.80. The number of carboxylic acids is 1. The van der Waals surface area contributed by atoms with Crippen LogP contribution in [0.1, 0.15) is 70.8 Å². The van der Waals surface area contributed by atoms with Crippen LogP contribution in [0.3, 0.4) is 0 Å². The van der Waals surface area contributed by atoms with Crippen LogP contribution in [-0.2, 0) is 24.3 Å². The number of aliphatic carboxylic acids is 1. The zero-order chi connectivity index (χ0) is 29.8. The molecule has 5 aliphatic heterocycles. The highest BCUT2D eigenvalue weighted by molar-refractivity contribution is 6.39. The molecule has 9 rings (SSSR count). The molecular weight excluding hydrogens is 575 g/mol. The Morgan fingerprint density at radius 3 is 2.55 bits per heavy atom. The third kappa shape index (κ3) is 4.90. The van der Waals surface area contributed by atoms with Gasteiger partial charge in [0, 0.05) is 25.6 Å². The fraction of sp³-hybridized carbons (Fsp3) is 0.375. The van der Waals surface area contributed by atoms with Gasteiger partial charge in [-0.05, 0) is 86.1 Å². The molecule has 1 unspecified atom stereocenters. The maximum Gasteiger partial charge on any atom is 0.310 e. The van der Waals surface area contributed by atoms with Gasteiger partial charge in [0.15, 0.2) is 0 Å². The second-order valence-corrected chi connectivity index (χ2v) is 12.6. The number of carbonyl (C=O) groups is 2. The maximum absolute atomic E-state index is 13.7. The number of hydrogen-bond acceptors (Lipinski definition) is 5. The first kappa shape index (κ1) is 28.5. The van der Waals surface area contributed by atoms with E-state index in [2.05, 4.69) is 16.4 Å². The number of carbonyl (C=O) groups excluding carboxylic acids is 1. The summed E-state index contributed by atoms with van der Waals surface area (Å²) in [5, 5.41) is 19.8. The first-order valence-electron chi connectivity index (χ1n) is 14.1. The number of aromatic nitrogens is 3.